The summed E-state index contributed by atoms with van der Waals surface area (Å²) in [7, 11) is 0. The maximum atomic E-state index is 13.5. The van der Waals surface area contributed by atoms with Gasteiger partial charge in [-0.05, 0) is 53.2 Å². The van der Waals surface area contributed by atoms with E-state index in [4.69, 9.17) is 0 Å². The SMILES string of the molecule is CC1CC(C)C(C)N(C(=O)c2cccc(F)c2Br)C1. The van der Waals surface area contributed by atoms with Crippen molar-refractivity contribution in [2.45, 2.75) is 33.2 Å². The molecule has 0 aromatic heterocycles. The number of carbonyl (C=O) groups is 1. The number of benzene rings is 1. The number of nitrogens with zero attached hydrogens (tertiary/aromatic N) is 1. The lowest BCUT2D eigenvalue weighted by molar-refractivity contribution is 0.0454. The number of piperidine rings is 1. The van der Waals surface area contributed by atoms with Crippen LogP contribution in [0.1, 0.15) is 37.6 Å². The molecule has 0 bridgehead atoms. The van der Waals surface area contributed by atoms with Gasteiger partial charge in [-0.3, -0.25) is 4.79 Å². The molecule has 1 aliphatic heterocycles. The fourth-order valence-corrected chi connectivity index (χ4v) is 3.24. The van der Waals surface area contributed by atoms with Crippen molar-refractivity contribution in [3.8, 4) is 0 Å². The molecule has 104 valence electrons. The van der Waals surface area contributed by atoms with Gasteiger partial charge in [0.05, 0.1) is 10.0 Å². The third-order valence-electron chi connectivity index (χ3n) is 4.04. The molecule has 1 aliphatic rings. The summed E-state index contributed by atoms with van der Waals surface area (Å²) in [6.45, 7) is 7.14. The Kier molecular flexibility index (Phi) is 4.29. The quantitative estimate of drug-likeness (QED) is 0.760. The predicted octanol–water partition coefficient (Wildman–Crippen LogP) is 4.09. The molecular weight excluding hydrogens is 309 g/mol. The van der Waals surface area contributed by atoms with Gasteiger partial charge >= 0.3 is 0 Å². The average Bonchev–Trinajstić information content (AvgIpc) is 2.36. The van der Waals surface area contributed by atoms with Gasteiger partial charge in [-0.25, -0.2) is 4.39 Å². The Morgan fingerprint density at radius 1 is 1.37 bits per heavy atom. The highest BCUT2D eigenvalue weighted by Gasteiger charge is 2.33. The van der Waals surface area contributed by atoms with E-state index in [0.29, 0.717) is 17.4 Å². The molecule has 1 aromatic rings. The standard InChI is InChI=1S/C15H19BrFNO/c1-9-7-10(2)11(3)18(8-9)15(19)12-5-4-6-13(17)14(12)16/h4-6,9-11H,7-8H2,1-3H3. The molecule has 0 N–H and O–H groups in total. The van der Waals surface area contributed by atoms with Crippen LogP contribution in [0.3, 0.4) is 0 Å². The van der Waals surface area contributed by atoms with Gasteiger partial charge in [0.1, 0.15) is 5.82 Å². The van der Waals surface area contributed by atoms with Gasteiger partial charge in [-0.1, -0.05) is 19.9 Å². The molecule has 1 fully saturated rings. The molecule has 0 saturated carbocycles. The first-order valence-electron chi connectivity index (χ1n) is 6.66. The molecule has 1 aromatic carbocycles. The molecule has 1 amide bonds. The number of carbonyl (C=O) groups excluding carboxylic acids is 1. The van der Waals surface area contributed by atoms with Gasteiger partial charge in [0.15, 0.2) is 0 Å². The van der Waals surface area contributed by atoms with E-state index in [-0.39, 0.29) is 16.4 Å². The minimum atomic E-state index is -0.392. The van der Waals surface area contributed by atoms with Gasteiger partial charge in [0.25, 0.3) is 5.91 Å². The lowest BCUT2D eigenvalue weighted by Crippen LogP contribution is -2.48. The van der Waals surface area contributed by atoms with E-state index in [0.717, 1.165) is 13.0 Å². The minimum Gasteiger partial charge on any atom is -0.335 e. The normalized spacial score (nSPS) is 27.4. The summed E-state index contributed by atoms with van der Waals surface area (Å²) in [5, 5.41) is 0. The summed E-state index contributed by atoms with van der Waals surface area (Å²) < 4.78 is 13.8. The second-order valence-corrected chi connectivity index (χ2v) is 6.41. The van der Waals surface area contributed by atoms with Gasteiger partial charge in [-0.15, -0.1) is 0 Å². The van der Waals surface area contributed by atoms with Crippen molar-refractivity contribution in [1.82, 2.24) is 4.90 Å². The van der Waals surface area contributed by atoms with Crippen molar-refractivity contribution < 1.29 is 9.18 Å². The van der Waals surface area contributed by atoms with Gasteiger partial charge in [0, 0.05) is 12.6 Å². The maximum absolute atomic E-state index is 13.5. The van der Waals surface area contributed by atoms with Crippen LogP contribution in [0.4, 0.5) is 4.39 Å². The molecule has 3 unspecified atom stereocenters. The predicted molar refractivity (Wildman–Crippen MR) is 77.5 cm³/mol. The van der Waals surface area contributed by atoms with Crippen molar-refractivity contribution in [3.63, 3.8) is 0 Å². The number of rotatable bonds is 1. The van der Waals surface area contributed by atoms with E-state index in [9.17, 15) is 9.18 Å². The molecule has 0 spiro atoms. The van der Waals surface area contributed by atoms with Crippen molar-refractivity contribution >= 4 is 21.8 Å². The highest BCUT2D eigenvalue weighted by molar-refractivity contribution is 9.10. The van der Waals surface area contributed by atoms with Crippen LogP contribution in [-0.4, -0.2) is 23.4 Å². The Labute approximate surface area is 122 Å². The van der Waals surface area contributed by atoms with Crippen LogP contribution in [0.5, 0.6) is 0 Å². The molecule has 1 saturated heterocycles. The molecular formula is C15H19BrFNO. The van der Waals surface area contributed by atoms with Crippen LogP contribution in [0.2, 0.25) is 0 Å². The topological polar surface area (TPSA) is 20.3 Å². The summed E-state index contributed by atoms with van der Waals surface area (Å²) in [6, 6.07) is 4.80. The highest BCUT2D eigenvalue weighted by Crippen LogP contribution is 2.30. The van der Waals surface area contributed by atoms with Crippen LogP contribution in [0, 0.1) is 17.7 Å². The summed E-state index contributed by atoms with van der Waals surface area (Å²) in [5.74, 6) is 0.483. The molecule has 1 heterocycles. The number of amides is 1. The third kappa shape index (κ3) is 2.83. The smallest absolute Gasteiger partial charge is 0.255 e. The van der Waals surface area contributed by atoms with Crippen LogP contribution in [-0.2, 0) is 0 Å². The first kappa shape index (κ1) is 14.5. The Morgan fingerprint density at radius 3 is 2.74 bits per heavy atom. The molecule has 2 nitrogen and oxygen atoms in total. The zero-order chi connectivity index (χ0) is 14.2. The van der Waals surface area contributed by atoms with Crippen molar-refractivity contribution in [3.05, 3.63) is 34.1 Å². The van der Waals surface area contributed by atoms with E-state index < -0.39 is 5.82 Å². The van der Waals surface area contributed by atoms with Crippen LogP contribution < -0.4 is 0 Å². The monoisotopic (exact) mass is 327 g/mol. The van der Waals surface area contributed by atoms with E-state index >= 15 is 0 Å². The second-order valence-electron chi connectivity index (χ2n) is 5.62. The summed E-state index contributed by atoms with van der Waals surface area (Å²) in [5.41, 5.74) is 0.410. The average molecular weight is 328 g/mol. The maximum Gasteiger partial charge on any atom is 0.255 e. The zero-order valence-electron chi connectivity index (χ0n) is 11.5. The minimum absolute atomic E-state index is 0.0859. The van der Waals surface area contributed by atoms with Crippen LogP contribution >= 0.6 is 15.9 Å². The van der Waals surface area contributed by atoms with E-state index in [1.54, 1.807) is 12.1 Å². The Balaban J connectivity index is 2.30. The van der Waals surface area contributed by atoms with E-state index in [1.807, 2.05) is 4.90 Å². The van der Waals surface area contributed by atoms with Crippen molar-refractivity contribution in [2.75, 3.05) is 6.54 Å². The molecule has 0 aliphatic carbocycles. The molecule has 3 atom stereocenters. The van der Waals surface area contributed by atoms with Crippen molar-refractivity contribution in [1.29, 1.82) is 0 Å². The first-order chi connectivity index (χ1) is 8.91. The van der Waals surface area contributed by atoms with E-state index in [1.165, 1.54) is 6.07 Å². The highest BCUT2D eigenvalue weighted by atomic mass is 79.9. The van der Waals surface area contributed by atoms with E-state index in [2.05, 4.69) is 36.7 Å². The number of hydrogen-bond donors (Lipinski definition) is 0. The number of hydrogen-bond acceptors (Lipinski definition) is 1. The summed E-state index contributed by atoms with van der Waals surface area (Å²) in [4.78, 5) is 14.5. The van der Waals surface area contributed by atoms with Crippen LogP contribution in [0.15, 0.2) is 22.7 Å². The van der Waals surface area contributed by atoms with Gasteiger partial charge in [0.2, 0.25) is 0 Å². The molecule has 2 rings (SSSR count). The second kappa shape index (κ2) is 5.61. The summed E-state index contributed by atoms with van der Waals surface area (Å²) in [6.07, 6.45) is 1.13. The Hall–Kier alpha value is -0.900. The van der Waals surface area contributed by atoms with Gasteiger partial charge in [-0.2, -0.15) is 0 Å². The molecule has 19 heavy (non-hydrogen) atoms. The lowest BCUT2D eigenvalue weighted by Gasteiger charge is -2.41. The van der Waals surface area contributed by atoms with Crippen molar-refractivity contribution in [2.24, 2.45) is 11.8 Å². The third-order valence-corrected chi connectivity index (χ3v) is 4.85. The fraction of sp³-hybridized carbons (Fsp3) is 0.533. The Bertz CT molecular complexity index is 491. The zero-order valence-corrected chi connectivity index (χ0v) is 13.1. The Morgan fingerprint density at radius 2 is 2.05 bits per heavy atom. The number of halogens is 2. The van der Waals surface area contributed by atoms with Gasteiger partial charge < -0.3 is 4.90 Å². The number of likely N-dealkylation sites (tertiary alicyclic amines) is 1. The lowest BCUT2D eigenvalue weighted by atomic mass is 9.85. The molecule has 0 radical (unpaired) electrons. The first-order valence-corrected chi connectivity index (χ1v) is 7.46. The van der Waals surface area contributed by atoms with Crippen LogP contribution in [0.25, 0.3) is 0 Å². The molecule has 4 heteroatoms. The summed E-state index contributed by atoms with van der Waals surface area (Å²) >= 11 is 3.18. The fourth-order valence-electron chi connectivity index (χ4n) is 2.81. The largest absolute Gasteiger partial charge is 0.335 e.